The lowest BCUT2D eigenvalue weighted by Gasteiger charge is -2.08. The minimum atomic E-state index is -0.712. The number of rotatable bonds is 7. The third-order valence-corrected chi connectivity index (χ3v) is 2.87. The number of hydrogen-bond donors (Lipinski definition) is 1. The van der Waals surface area contributed by atoms with Crippen molar-refractivity contribution in [2.24, 2.45) is 0 Å². The van der Waals surface area contributed by atoms with Crippen LogP contribution in [-0.4, -0.2) is 11.5 Å². The van der Waals surface area contributed by atoms with Gasteiger partial charge in [-0.2, -0.15) is 0 Å². The summed E-state index contributed by atoms with van der Waals surface area (Å²) in [6, 6.07) is 8.85. The van der Waals surface area contributed by atoms with Gasteiger partial charge in [0.2, 0.25) is 0 Å². The summed E-state index contributed by atoms with van der Waals surface area (Å²) in [4.78, 5) is 4.42. The van der Waals surface area contributed by atoms with Gasteiger partial charge in [-0.3, -0.25) is 4.98 Å². The van der Waals surface area contributed by atoms with E-state index < -0.39 is 11.6 Å². The summed E-state index contributed by atoms with van der Waals surface area (Å²) in [5.41, 5.74) is 1.61. The maximum absolute atomic E-state index is 13.4. The Hall–Kier alpha value is -2.01. The van der Waals surface area contributed by atoms with E-state index in [1.807, 2.05) is 18.2 Å². The predicted octanol–water partition coefficient (Wildman–Crippen LogP) is 3.44. The summed E-state index contributed by atoms with van der Waals surface area (Å²) in [5.74, 6) is -1.31. The minimum absolute atomic E-state index is 0.0210. The van der Waals surface area contributed by atoms with Gasteiger partial charge in [0.25, 0.3) is 0 Å². The van der Waals surface area contributed by atoms with Crippen molar-refractivity contribution in [1.82, 2.24) is 10.3 Å². The Morgan fingerprint density at radius 3 is 2.71 bits per heavy atom. The molecule has 0 radical (unpaired) electrons. The lowest BCUT2D eigenvalue weighted by atomic mass is 10.3. The van der Waals surface area contributed by atoms with Crippen molar-refractivity contribution in [3.05, 3.63) is 59.4 Å². The molecule has 5 heteroatoms. The molecule has 0 amide bonds. The molecule has 0 spiro atoms. The summed E-state index contributed by atoms with van der Waals surface area (Å²) in [6.07, 6.45) is 1.06. The van der Waals surface area contributed by atoms with Crippen LogP contribution in [0.4, 0.5) is 8.78 Å². The highest BCUT2D eigenvalue weighted by atomic mass is 19.1. The molecule has 21 heavy (non-hydrogen) atoms. The van der Waals surface area contributed by atoms with E-state index in [4.69, 9.17) is 4.74 Å². The molecule has 0 unspecified atom stereocenters. The first-order valence-corrected chi connectivity index (χ1v) is 6.92. The SMILES string of the molecule is CCCNCc1cccc(COc2ccc(F)cc2F)n1. The Morgan fingerprint density at radius 2 is 1.95 bits per heavy atom. The Morgan fingerprint density at radius 1 is 1.14 bits per heavy atom. The smallest absolute Gasteiger partial charge is 0.167 e. The molecular formula is C16H18F2N2O. The van der Waals surface area contributed by atoms with Crippen LogP contribution in [0.3, 0.4) is 0 Å². The molecule has 2 rings (SSSR count). The van der Waals surface area contributed by atoms with E-state index in [-0.39, 0.29) is 12.4 Å². The molecule has 0 saturated carbocycles. The molecule has 0 fully saturated rings. The monoisotopic (exact) mass is 292 g/mol. The maximum atomic E-state index is 13.4. The first-order valence-electron chi connectivity index (χ1n) is 6.92. The molecule has 0 saturated heterocycles. The molecule has 0 atom stereocenters. The highest BCUT2D eigenvalue weighted by molar-refractivity contribution is 5.25. The zero-order valence-electron chi connectivity index (χ0n) is 11.9. The van der Waals surface area contributed by atoms with E-state index in [0.29, 0.717) is 12.2 Å². The number of aromatic nitrogens is 1. The van der Waals surface area contributed by atoms with Gasteiger partial charge in [0.05, 0.1) is 11.4 Å². The van der Waals surface area contributed by atoms with E-state index in [9.17, 15) is 8.78 Å². The van der Waals surface area contributed by atoms with Crippen LogP contribution in [-0.2, 0) is 13.2 Å². The number of hydrogen-bond acceptors (Lipinski definition) is 3. The molecule has 1 heterocycles. The number of pyridine rings is 1. The number of nitrogens with one attached hydrogen (secondary N) is 1. The average Bonchev–Trinajstić information content (AvgIpc) is 2.47. The van der Waals surface area contributed by atoms with E-state index in [1.54, 1.807) is 0 Å². The van der Waals surface area contributed by atoms with Crippen molar-refractivity contribution in [3.63, 3.8) is 0 Å². The molecule has 2 aromatic rings. The van der Waals surface area contributed by atoms with Crippen molar-refractivity contribution in [1.29, 1.82) is 0 Å². The van der Waals surface area contributed by atoms with Gasteiger partial charge >= 0.3 is 0 Å². The summed E-state index contributed by atoms with van der Waals surface area (Å²) in [7, 11) is 0. The molecule has 1 aromatic heterocycles. The molecule has 1 N–H and O–H groups in total. The predicted molar refractivity (Wildman–Crippen MR) is 76.9 cm³/mol. The highest BCUT2D eigenvalue weighted by Crippen LogP contribution is 2.18. The zero-order chi connectivity index (χ0) is 15.1. The fourth-order valence-corrected chi connectivity index (χ4v) is 1.85. The summed E-state index contributed by atoms with van der Waals surface area (Å²) in [5, 5.41) is 3.26. The van der Waals surface area contributed by atoms with E-state index in [1.165, 1.54) is 6.07 Å². The van der Waals surface area contributed by atoms with E-state index in [0.717, 1.165) is 30.8 Å². The number of nitrogens with zero attached hydrogens (tertiary/aromatic N) is 1. The molecule has 0 bridgehead atoms. The Bertz CT molecular complexity index is 590. The van der Waals surface area contributed by atoms with Gasteiger partial charge in [-0.15, -0.1) is 0 Å². The lowest BCUT2D eigenvalue weighted by Crippen LogP contribution is -2.15. The van der Waals surface area contributed by atoms with Crippen LogP contribution < -0.4 is 10.1 Å². The average molecular weight is 292 g/mol. The number of ether oxygens (including phenoxy) is 1. The largest absolute Gasteiger partial charge is 0.484 e. The maximum Gasteiger partial charge on any atom is 0.167 e. The van der Waals surface area contributed by atoms with Crippen LogP contribution in [0.15, 0.2) is 36.4 Å². The zero-order valence-corrected chi connectivity index (χ0v) is 11.9. The first-order chi connectivity index (χ1) is 10.2. The standard InChI is InChI=1S/C16H18F2N2O/c1-2-8-19-10-13-4-3-5-14(20-13)11-21-16-7-6-12(17)9-15(16)18/h3-7,9,19H,2,8,10-11H2,1H3. The van der Waals surface area contributed by atoms with Gasteiger partial charge in [-0.1, -0.05) is 13.0 Å². The van der Waals surface area contributed by atoms with Crippen molar-refractivity contribution in [2.45, 2.75) is 26.5 Å². The molecule has 1 aromatic carbocycles. The van der Waals surface area contributed by atoms with Crippen LogP contribution in [0.25, 0.3) is 0 Å². The summed E-state index contributed by atoms with van der Waals surface area (Å²) < 4.78 is 31.6. The lowest BCUT2D eigenvalue weighted by molar-refractivity contribution is 0.284. The van der Waals surface area contributed by atoms with Crippen LogP contribution in [0.1, 0.15) is 24.7 Å². The highest BCUT2D eigenvalue weighted by Gasteiger charge is 2.06. The van der Waals surface area contributed by atoms with Gasteiger partial charge in [0.15, 0.2) is 11.6 Å². The van der Waals surface area contributed by atoms with E-state index >= 15 is 0 Å². The third kappa shape index (κ3) is 4.79. The number of halogens is 2. The fourth-order valence-electron chi connectivity index (χ4n) is 1.85. The van der Waals surface area contributed by atoms with Crippen molar-refractivity contribution in [3.8, 4) is 5.75 Å². The first kappa shape index (κ1) is 15.4. The second-order valence-corrected chi connectivity index (χ2v) is 4.66. The minimum Gasteiger partial charge on any atom is -0.484 e. The van der Waals surface area contributed by atoms with Crippen LogP contribution in [0.5, 0.6) is 5.75 Å². The van der Waals surface area contributed by atoms with Gasteiger partial charge in [0.1, 0.15) is 12.4 Å². The van der Waals surface area contributed by atoms with Crippen molar-refractivity contribution >= 4 is 0 Å². The molecule has 0 aliphatic carbocycles. The molecule has 0 aliphatic heterocycles. The molecule has 0 aliphatic rings. The van der Waals surface area contributed by atoms with Crippen molar-refractivity contribution in [2.75, 3.05) is 6.54 Å². The Kier molecular flexibility index (Phi) is 5.63. The number of benzene rings is 1. The molecular weight excluding hydrogens is 274 g/mol. The Labute approximate surface area is 123 Å². The van der Waals surface area contributed by atoms with Crippen LogP contribution in [0.2, 0.25) is 0 Å². The van der Waals surface area contributed by atoms with Crippen LogP contribution in [0, 0.1) is 11.6 Å². The van der Waals surface area contributed by atoms with Gasteiger partial charge in [-0.25, -0.2) is 8.78 Å². The topological polar surface area (TPSA) is 34.1 Å². The normalized spacial score (nSPS) is 10.6. The second kappa shape index (κ2) is 7.69. The van der Waals surface area contributed by atoms with Gasteiger partial charge < -0.3 is 10.1 Å². The van der Waals surface area contributed by atoms with Crippen molar-refractivity contribution < 1.29 is 13.5 Å². The van der Waals surface area contributed by atoms with E-state index in [2.05, 4.69) is 17.2 Å². The quantitative estimate of drug-likeness (QED) is 0.794. The molecule has 3 nitrogen and oxygen atoms in total. The summed E-state index contributed by atoms with van der Waals surface area (Å²) >= 11 is 0. The van der Waals surface area contributed by atoms with Gasteiger partial charge in [0, 0.05) is 12.6 Å². The third-order valence-electron chi connectivity index (χ3n) is 2.87. The second-order valence-electron chi connectivity index (χ2n) is 4.66. The Balaban J connectivity index is 1.95. The molecule has 112 valence electrons. The van der Waals surface area contributed by atoms with Crippen LogP contribution >= 0.6 is 0 Å². The summed E-state index contributed by atoms with van der Waals surface area (Å²) in [6.45, 7) is 3.86. The van der Waals surface area contributed by atoms with Gasteiger partial charge in [-0.05, 0) is 37.2 Å². The fraction of sp³-hybridized carbons (Fsp3) is 0.312.